The smallest absolute Gasteiger partial charge is 0.305 e. The van der Waals surface area contributed by atoms with Crippen LogP contribution in [0.3, 0.4) is 0 Å². The molecule has 7 nitrogen and oxygen atoms in total. The number of ether oxygens (including phenoxy) is 5. The molecule has 0 bridgehead atoms. The van der Waals surface area contributed by atoms with Crippen molar-refractivity contribution in [2.75, 3.05) is 52.9 Å². The summed E-state index contributed by atoms with van der Waals surface area (Å²) in [5, 5.41) is 0. The number of rotatable bonds is 42. The third-order valence-corrected chi connectivity index (χ3v) is 9.55. The second-order valence-electron chi connectivity index (χ2n) is 15.6. The molecule has 0 aromatic rings. The maximum atomic E-state index is 11.9. The van der Waals surface area contributed by atoms with Gasteiger partial charge in [0.05, 0.1) is 39.6 Å². The van der Waals surface area contributed by atoms with Crippen LogP contribution in [0.15, 0.2) is 0 Å². The minimum absolute atomic E-state index is 0.129. The van der Waals surface area contributed by atoms with Crippen LogP contribution in [-0.2, 0) is 33.3 Å². The molecule has 0 aliphatic carbocycles. The summed E-state index contributed by atoms with van der Waals surface area (Å²) in [6, 6.07) is 0. The first-order valence-electron chi connectivity index (χ1n) is 22.0. The normalized spacial score (nSPS) is 11.6. The zero-order chi connectivity index (χ0) is 37.3. The monoisotopic (exact) mass is 727 g/mol. The van der Waals surface area contributed by atoms with E-state index in [-0.39, 0.29) is 25.2 Å². The predicted octanol–water partition coefficient (Wildman–Crippen LogP) is 12.4. The zero-order valence-electron chi connectivity index (χ0n) is 34.5. The van der Waals surface area contributed by atoms with E-state index in [1.807, 2.05) is 0 Å². The van der Waals surface area contributed by atoms with Crippen molar-refractivity contribution in [2.45, 2.75) is 207 Å². The summed E-state index contributed by atoms with van der Waals surface area (Å²) >= 11 is 0. The van der Waals surface area contributed by atoms with Crippen molar-refractivity contribution < 1.29 is 33.3 Å². The lowest BCUT2D eigenvalue weighted by Gasteiger charge is -2.08. The number of esters is 2. The summed E-state index contributed by atoms with van der Waals surface area (Å²) in [7, 11) is 0. The Bertz CT molecular complexity index is 654. The Kier molecular flexibility index (Phi) is 40.6. The first-order valence-corrected chi connectivity index (χ1v) is 22.0. The lowest BCUT2D eigenvalue weighted by atomic mass is 10.0. The molecule has 0 radical (unpaired) electrons. The average molecular weight is 727 g/mol. The molecular weight excluding hydrogens is 640 g/mol. The molecule has 0 N–H and O–H groups in total. The third kappa shape index (κ3) is 44.9. The van der Waals surface area contributed by atoms with Gasteiger partial charge in [0.25, 0.3) is 0 Å². The molecule has 0 spiro atoms. The Balaban J connectivity index is 3.23. The van der Waals surface area contributed by atoms with Gasteiger partial charge in [0.15, 0.2) is 0 Å². The van der Waals surface area contributed by atoms with Crippen LogP contribution < -0.4 is 0 Å². The number of unbranched alkanes of at least 4 members (excludes halogenated alkanes) is 22. The van der Waals surface area contributed by atoms with Crippen molar-refractivity contribution in [1.82, 2.24) is 0 Å². The van der Waals surface area contributed by atoms with Gasteiger partial charge in [-0.25, -0.2) is 0 Å². The van der Waals surface area contributed by atoms with E-state index < -0.39 is 0 Å². The Hall–Kier alpha value is -1.18. The van der Waals surface area contributed by atoms with Crippen LogP contribution in [0.25, 0.3) is 0 Å². The van der Waals surface area contributed by atoms with Gasteiger partial charge < -0.3 is 23.7 Å². The van der Waals surface area contributed by atoms with Crippen LogP contribution in [0.2, 0.25) is 0 Å². The van der Waals surface area contributed by atoms with E-state index in [0.717, 1.165) is 37.5 Å². The molecular formula is C44H86O7. The van der Waals surface area contributed by atoms with E-state index >= 15 is 0 Å². The van der Waals surface area contributed by atoms with Gasteiger partial charge in [0.2, 0.25) is 0 Å². The number of carbonyl (C=O) groups excluding carboxylic acids is 2. The highest BCUT2D eigenvalue weighted by molar-refractivity contribution is 5.69. The molecule has 0 saturated carbocycles. The molecule has 0 amide bonds. The van der Waals surface area contributed by atoms with Gasteiger partial charge in [-0.3, -0.25) is 9.59 Å². The Morgan fingerprint density at radius 3 is 0.784 bits per heavy atom. The molecule has 0 heterocycles. The van der Waals surface area contributed by atoms with Crippen molar-refractivity contribution in [2.24, 2.45) is 11.8 Å². The van der Waals surface area contributed by atoms with E-state index in [0.29, 0.717) is 52.5 Å². The highest BCUT2D eigenvalue weighted by Gasteiger charge is 2.04. The van der Waals surface area contributed by atoms with Gasteiger partial charge >= 0.3 is 11.9 Å². The van der Waals surface area contributed by atoms with Crippen molar-refractivity contribution in [3.8, 4) is 0 Å². The number of carbonyl (C=O) groups is 2. The summed E-state index contributed by atoms with van der Waals surface area (Å²) in [6.07, 6.45) is 34.8. The van der Waals surface area contributed by atoms with Crippen LogP contribution >= 0.6 is 0 Å². The molecule has 0 aliphatic heterocycles. The van der Waals surface area contributed by atoms with Crippen molar-refractivity contribution in [1.29, 1.82) is 0 Å². The van der Waals surface area contributed by atoms with Gasteiger partial charge in [-0.15, -0.1) is 0 Å². The molecule has 0 rings (SSSR count). The molecule has 0 aromatic carbocycles. The summed E-state index contributed by atoms with van der Waals surface area (Å²) < 4.78 is 27.0. The molecule has 0 fully saturated rings. The maximum Gasteiger partial charge on any atom is 0.305 e. The van der Waals surface area contributed by atoms with E-state index in [9.17, 15) is 9.59 Å². The first-order chi connectivity index (χ1) is 24.9. The maximum absolute atomic E-state index is 11.9. The molecule has 0 unspecified atom stereocenters. The van der Waals surface area contributed by atoms with Crippen molar-refractivity contribution in [3.63, 3.8) is 0 Å². The largest absolute Gasteiger partial charge is 0.463 e. The molecule has 7 heteroatoms. The highest BCUT2D eigenvalue weighted by atomic mass is 16.6. The Morgan fingerprint density at radius 1 is 0.314 bits per heavy atom. The van der Waals surface area contributed by atoms with Crippen molar-refractivity contribution >= 4 is 11.9 Å². The fraction of sp³-hybridized carbons (Fsp3) is 0.955. The molecule has 0 aliphatic rings. The Morgan fingerprint density at radius 2 is 0.529 bits per heavy atom. The minimum Gasteiger partial charge on any atom is -0.463 e. The SMILES string of the molecule is CC(C)CCCCCCCCCCCCCCC(=O)OCCOCCOCCOCCOC(=O)CCCCCCCCCCCCCCC(C)C. The second kappa shape index (κ2) is 41.6. The van der Waals surface area contributed by atoms with E-state index in [4.69, 9.17) is 23.7 Å². The predicted molar refractivity (Wildman–Crippen MR) is 213 cm³/mol. The molecule has 0 aromatic heterocycles. The number of hydrogen-bond donors (Lipinski definition) is 0. The molecule has 51 heavy (non-hydrogen) atoms. The highest BCUT2D eigenvalue weighted by Crippen LogP contribution is 2.16. The Labute approximate surface area is 316 Å². The van der Waals surface area contributed by atoms with E-state index in [1.54, 1.807) is 0 Å². The summed E-state index contributed by atoms with van der Waals surface area (Å²) in [6.45, 7) is 12.4. The fourth-order valence-corrected chi connectivity index (χ4v) is 6.29. The number of hydrogen-bond acceptors (Lipinski definition) is 7. The quantitative estimate of drug-likeness (QED) is 0.0457. The summed E-state index contributed by atoms with van der Waals surface area (Å²) in [5.74, 6) is 1.44. The van der Waals surface area contributed by atoms with E-state index in [1.165, 1.54) is 141 Å². The average Bonchev–Trinajstić information content (AvgIpc) is 3.10. The first kappa shape index (κ1) is 49.8. The lowest BCUT2D eigenvalue weighted by molar-refractivity contribution is -0.146. The van der Waals surface area contributed by atoms with Gasteiger partial charge in [-0.1, -0.05) is 182 Å². The zero-order valence-corrected chi connectivity index (χ0v) is 34.5. The van der Waals surface area contributed by atoms with Crippen LogP contribution in [0, 0.1) is 11.8 Å². The lowest BCUT2D eigenvalue weighted by Crippen LogP contribution is -2.15. The third-order valence-electron chi connectivity index (χ3n) is 9.55. The fourth-order valence-electron chi connectivity index (χ4n) is 6.29. The van der Waals surface area contributed by atoms with Crippen LogP contribution in [0.5, 0.6) is 0 Å². The van der Waals surface area contributed by atoms with Crippen LogP contribution in [0.1, 0.15) is 207 Å². The summed E-state index contributed by atoms with van der Waals surface area (Å²) in [5.41, 5.74) is 0. The molecule has 0 saturated heterocycles. The molecule has 304 valence electrons. The van der Waals surface area contributed by atoms with Gasteiger partial charge in [-0.05, 0) is 24.7 Å². The van der Waals surface area contributed by atoms with Gasteiger partial charge in [0.1, 0.15) is 13.2 Å². The van der Waals surface area contributed by atoms with Gasteiger partial charge in [0, 0.05) is 12.8 Å². The van der Waals surface area contributed by atoms with E-state index in [2.05, 4.69) is 27.7 Å². The topological polar surface area (TPSA) is 80.3 Å². The molecule has 0 atom stereocenters. The van der Waals surface area contributed by atoms with Gasteiger partial charge in [-0.2, -0.15) is 0 Å². The van der Waals surface area contributed by atoms with Crippen LogP contribution in [0.4, 0.5) is 0 Å². The summed E-state index contributed by atoms with van der Waals surface area (Å²) in [4.78, 5) is 23.8. The standard InChI is InChI=1S/C44H86O7/c1-41(2)29-25-21-17-13-9-5-7-11-15-19-23-27-31-43(45)50-39-37-48-35-33-47-34-36-49-38-40-51-44(46)32-28-24-20-16-12-8-6-10-14-18-22-26-30-42(3)4/h41-42H,5-40H2,1-4H3. The van der Waals surface area contributed by atoms with Crippen LogP contribution in [-0.4, -0.2) is 64.8 Å². The minimum atomic E-state index is -0.129. The van der Waals surface area contributed by atoms with Crippen molar-refractivity contribution in [3.05, 3.63) is 0 Å². The second-order valence-corrected chi connectivity index (χ2v) is 15.6.